The molecule has 0 spiro atoms. The van der Waals surface area contributed by atoms with Crippen molar-refractivity contribution in [1.29, 1.82) is 0 Å². The number of hydrogen-bond donors (Lipinski definition) is 0. The molecule has 0 saturated heterocycles. The number of benzene rings is 2. The summed E-state index contributed by atoms with van der Waals surface area (Å²) in [6, 6.07) is 32.1. The number of halogens is 2. The minimum Gasteiger partial charge on any atom is -0.168 e. The summed E-state index contributed by atoms with van der Waals surface area (Å²) in [6.07, 6.45) is 0. The Balaban J connectivity index is 0.000000189. The van der Waals surface area contributed by atoms with Crippen molar-refractivity contribution >= 4 is 49.7 Å². The van der Waals surface area contributed by atoms with Gasteiger partial charge in [0.05, 0.1) is 0 Å². The van der Waals surface area contributed by atoms with Crippen molar-refractivity contribution in [2.24, 2.45) is 0 Å². The van der Waals surface area contributed by atoms with Crippen molar-refractivity contribution in [3.63, 3.8) is 0 Å². The van der Waals surface area contributed by atoms with E-state index in [0.717, 1.165) is 0 Å². The zero-order valence-corrected chi connectivity index (χ0v) is 19.3. The molecule has 0 amide bonds. The molecule has 0 aliphatic carbocycles. The van der Waals surface area contributed by atoms with Gasteiger partial charge in [-0.05, 0) is 0 Å². The fraction of sp³-hybridized carbons (Fsp3) is 0.182. The van der Waals surface area contributed by atoms with E-state index in [9.17, 15) is 0 Å². The van der Waals surface area contributed by atoms with Crippen LogP contribution in [0.2, 0.25) is 12.1 Å². The molecule has 4 aromatic rings. The van der Waals surface area contributed by atoms with Gasteiger partial charge in [0.15, 0.2) is 0 Å². The van der Waals surface area contributed by atoms with Crippen molar-refractivity contribution in [1.82, 2.24) is 0 Å². The molecule has 0 fully saturated rings. The van der Waals surface area contributed by atoms with Crippen LogP contribution in [0.25, 0.3) is 21.5 Å². The molecule has 0 nitrogen and oxygen atoms in total. The SMILES string of the molecule is CC[Si]CC.[Cl][Ti][Cl].c1ccc2[cH-]ccc2c1.c1ccc2[cH-]ccc2c1. The third-order valence-electron chi connectivity index (χ3n) is 3.60. The first-order valence-electron chi connectivity index (χ1n) is 8.64. The third kappa shape index (κ3) is 9.21. The second kappa shape index (κ2) is 15.3. The topological polar surface area (TPSA) is 0 Å². The summed E-state index contributed by atoms with van der Waals surface area (Å²) in [5.74, 6) is 0. The summed E-state index contributed by atoms with van der Waals surface area (Å²) in [5.41, 5.74) is 0. The van der Waals surface area contributed by atoms with Crippen LogP contribution < -0.4 is 0 Å². The summed E-state index contributed by atoms with van der Waals surface area (Å²) in [4.78, 5) is 0. The molecular weight excluding hydrogens is 411 g/mol. The molecule has 0 bridgehead atoms. The maximum Gasteiger partial charge on any atom is -0.0809 e. The van der Waals surface area contributed by atoms with Crippen LogP contribution in [0.3, 0.4) is 0 Å². The molecule has 0 aromatic heterocycles. The molecule has 0 N–H and O–H groups in total. The van der Waals surface area contributed by atoms with Gasteiger partial charge in [0.1, 0.15) is 0 Å². The molecular formula is C22H24Cl2SiTi-2. The normalized spacial score (nSPS) is 9.23. The van der Waals surface area contributed by atoms with Gasteiger partial charge in [-0.15, -0.1) is 59.3 Å². The van der Waals surface area contributed by atoms with E-state index in [1.807, 2.05) is 0 Å². The Morgan fingerprint density at radius 3 is 1.42 bits per heavy atom. The van der Waals surface area contributed by atoms with Crippen LogP contribution in [0.1, 0.15) is 13.8 Å². The van der Waals surface area contributed by atoms with Crippen LogP contribution in [0.15, 0.2) is 84.9 Å². The molecule has 0 heterocycles. The van der Waals surface area contributed by atoms with Crippen LogP contribution in [0.5, 0.6) is 0 Å². The van der Waals surface area contributed by atoms with Crippen molar-refractivity contribution < 1.29 is 17.0 Å². The summed E-state index contributed by atoms with van der Waals surface area (Å²) in [6.45, 7) is 4.45. The predicted octanol–water partition coefficient (Wildman–Crippen LogP) is 8.06. The Hall–Kier alpha value is -0.829. The quantitative estimate of drug-likeness (QED) is 0.221. The molecule has 4 rings (SSSR count). The minimum atomic E-state index is -0.556. The van der Waals surface area contributed by atoms with E-state index in [2.05, 4.69) is 98.8 Å². The van der Waals surface area contributed by atoms with Gasteiger partial charge in [0.2, 0.25) is 0 Å². The Bertz CT molecular complexity index is 694. The molecule has 2 radical (unpaired) electrons. The number of fused-ring (bicyclic) bond motifs is 2. The average Bonchev–Trinajstić information content (AvgIpc) is 3.33. The Morgan fingerprint density at radius 1 is 0.731 bits per heavy atom. The zero-order chi connectivity index (χ0) is 19.0. The smallest absolute Gasteiger partial charge is 0.0809 e. The molecule has 0 aliphatic heterocycles. The fourth-order valence-corrected chi connectivity index (χ4v) is 2.89. The summed E-state index contributed by atoms with van der Waals surface area (Å²) >= 11 is -0.556. The van der Waals surface area contributed by atoms with Gasteiger partial charge in [-0.25, -0.2) is 0 Å². The van der Waals surface area contributed by atoms with E-state index in [0.29, 0.717) is 0 Å². The van der Waals surface area contributed by atoms with E-state index < -0.39 is 17.0 Å². The molecule has 0 saturated carbocycles. The van der Waals surface area contributed by atoms with E-state index >= 15 is 0 Å². The molecule has 4 heteroatoms. The van der Waals surface area contributed by atoms with Gasteiger partial charge in [0, 0.05) is 9.52 Å². The van der Waals surface area contributed by atoms with Crippen molar-refractivity contribution in [2.75, 3.05) is 0 Å². The molecule has 0 aliphatic rings. The van der Waals surface area contributed by atoms with Crippen LogP contribution in [-0.2, 0) is 17.0 Å². The predicted molar refractivity (Wildman–Crippen MR) is 118 cm³/mol. The minimum absolute atomic E-state index is 0.556. The number of rotatable bonds is 2. The average molecular weight is 435 g/mol. The van der Waals surface area contributed by atoms with E-state index in [-0.39, 0.29) is 0 Å². The first kappa shape index (κ1) is 23.2. The molecule has 136 valence electrons. The van der Waals surface area contributed by atoms with Gasteiger partial charge in [-0.1, -0.05) is 38.1 Å². The number of hydrogen-bond acceptors (Lipinski definition) is 0. The van der Waals surface area contributed by atoms with E-state index in [4.69, 9.17) is 18.6 Å². The Kier molecular flexibility index (Phi) is 13.6. The standard InChI is InChI=1S/2C9H7.C4H10Si.2ClH.Ti/c2*1-2-5-9-7-3-6-8(9)4-1;1-3-5-4-2;;;/h2*1-7H;3-4H2,1-2H3;2*1H;/q2*-1;;;;+2/p-2. The first-order valence-corrected chi connectivity index (χ1v) is 14.4. The summed E-state index contributed by atoms with van der Waals surface area (Å²) in [5, 5.41) is 5.32. The fourth-order valence-electron chi connectivity index (χ4n) is 2.39. The summed E-state index contributed by atoms with van der Waals surface area (Å²) < 4.78 is 0. The molecule has 0 unspecified atom stereocenters. The molecule has 4 aromatic carbocycles. The maximum atomic E-state index is 4.89. The van der Waals surface area contributed by atoms with Crippen LogP contribution >= 0.6 is 18.6 Å². The molecule has 0 atom stereocenters. The first-order chi connectivity index (χ1) is 12.8. The van der Waals surface area contributed by atoms with Crippen molar-refractivity contribution in [2.45, 2.75) is 25.9 Å². The second-order valence-electron chi connectivity index (χ2n) is 5.34. The van der Waals surface area contributed by atoms with Crippen LogP contribution in [0.4, 0.5) is 0 Å². The van der Waals surface area contributed by atoms with Gasteiger partial charge in [0.25, 0.3) is 0 Å². The van der Waals surface area contributed by atoms with Gasteiger partial charge in [-0.2, -0.15) is 35.0 Å². The van der Waals surface area contributed by atoms with Crippen molar-refractivity contribution in [3.05, 3.63) is 84.9 Å². The maximum absolute atomic E-state index is 4.89. The Morgan fingerprint density at radius 2 is 1.12 bits per heavy atom. The van der Waals surface area contributed by atoms with Gasteiger partial charge >= 0.3 is 35.6 Å². The van der Waals surface area contributed by atoms with E-state index in [1.54, 1.807) is 0 Å². The van der Waals surface area contributed by atoms with Crippen molar-refractivity contribution in [3.8, 4) is 0 Å². The summed E-state index contributed by atoms with van der Waals surface area (Å²) in [7, 11) is 11.0. The molecule has 26 heavy (non-hydrogen) atoms. The Labute approximate surface area is 176 Å². The second-order valence-corrected chi connectivity index (χ2v) is 9.83. The third-order valence-corrected chi connectivity index (χ3v) is 4.60. The van der Waals surface area contributed by atoms with E-state index in [1.165, 1.54) is 43.2 Å². The monoisotopic (exact) mass is 434 g/mol. The van der Waals surface area contributed by atoms with Gasteiger partial charge < -0.3 is 0 Å². The van der Waals surface area contributed by atoms with Gasteiger partial charge in [-0.3, -0.25) is 0 Å². The largest absolute Gasteiger partial charge is 0.168 e. The van der Waals surface area contributed by atoms with Crippen LogP contribution in [0, 0.1) is 0 Å². The van der Waals surface area contributed by atoms with Crippen LogP contribution in [-0.4, -0.2) is 9.52 Å². The zero-order valence-electron chi connectivity index (χ0n) is 15.3.